The highest BCUT2D eigenvalue weighted by molar-refractivity contribution is 5.96. The van der Waals surface area contributed by atoms with E-state index in [2.05, 4.69) is 5.32 Å². The lowest BCUT2D eigenvalue weighted by atomic mass is 10.1. The molecule has 0 spiro atoms. The van der Waals surface area contributed by atoms with Crippen molar-refractivity contribution in [3.63, 3.8) is 0 Å². The fraction of sp³-hybridized carbons (Fsp3) is 0.263. The van der Waals surface area contributed by atoms with Crippen LogP contribution >= 0.6 is 0 Å². The van der Waals surface area contributed by atoms with Crippen LogP contribution < -0.4 is 10.1 Å². The first-order valence-corrected chi connectivity index (χ1v) is 7.79. The highest BCUT2D eigenvalue weighted by atomic mass is 16.5. The quantitative estimate of drug-likeness (QED) is 0.794. The fourth-order valence-corrected chi connectivity index (χ4v) is 2.30. The zero-order chi connectivity index (χ0) is 17.4. The van der Waals surface area contributed by atoms with E-state index in [1.54, 1.807) is 24.3 Å². The molecular weight excluding hydrogens is 306 g/mol. The number of amides is 1. The van der Waals surface area contributed by atoms with E-state index in [0.717, 1.165) is 5.56 Å². The van der Waals surface area contributed by atoms with Gasteiger partial charge >= 0.3 is 5.97 Å². The van der Waals surface area contributed by atoms with E-state index in [0.29, 0.717) is 24.3 Å². The first-order valence-electron chi connectivity index (χ1n) is 7.79. The monoisotopic (exact) mass is 327 g/mol. The summed E-state index contributed by atoms with van der Waals surface area (Å²) in [5, 5.41) is 2.73. The van der Waals surface area contributed by atoms with E-state index < -0.39 is 12.0 Å². The molecule has 0 heterocycles. The molecule has 5 nitrogen and oxygen atoms in total. The number of benzene rings is 2. The Balaban J connectivity index is 2.07. The first kappa shape index (κ1) is 17.5. The van der Waals surface area contributed by atoms with Crippen molar-refractivity contribution in [3.8, 4) is 5.75 Å². The molecule has 2 rings (SSSR count). The number of nitrogens with one attached hydrogen (secondary N) is 1. The average molecular weight is 327 g/mol. The van der Waals surface area contributed by atoms with Gasteiger partial charge in [-0.1, -0.05) is 30.3 Å². The Morgan fingerprint density at radius 3 is 2.29 bits per heavy atom. The topological polar surface area (TPSA) is 64.6 Å². The lowest BCUT2D eigenvalue weighted by Crippen LogP contribution is -2.43. The molecule has 0 fully saturated rings. The van der Waals surface area contributed by atoms with Crippen LogP contribution in [0.15, 0.2) is 54.6 Å². The van der Waals surface area contributed by atoms with Gasteiger partial charge in [-0.25, -0.2) is 4.79 Å². The van der Waals surface area contributed by atoms with E-state index in [-0.39, 0.29) is 5.91 Å². The number of carbonyl (C=O) groups is 2. The van der Waals surface area contributed by atoms with Crippen LogP contribution in [0, 0.1) is 0 Å². The molecule has 1 amide bonds. The molecule has 0 radical (unpaired) electrons. The van der Waals surface area contributed by atoms with Crippen LogP contribution in [0.25, 0.3) is 0 Å². The average Bonchev–Trinajstić information content (AvgIpc) is 2.62. The predicted molar refractivity (Wildman–Crippen MR) is 91.0 cm³/mol. The van der Waals surface area contributed by atoms with E-state index in [4.69, 9.17) is 9.47 Å². The molecule has 0 saturated carbocycles. The van der Waals surface area contributed by atoms with Gasteiger partial charge < -0.3 is 14.8 Å². The van der Waals surface area contributed by atoms with Crippen molar-refractivity contribution in [2.24, 2.45) is 0 Å². The molecule has 2 aromatic rings. The predicted octanol–water partition coefficient (Wildman–Crippen LogP) is 2.60. The van der Waals surface area contributed by atoms with Crippen molar-refractivity contribution in [1.82, 2.24) is 5.32 Å². The van der Waals surface area contributed by atoms with Gasteiger partial charge in [-0.05, 0) is 36.8 Å². The Kier molecular flexibility index (Phi) is 6.37. The molecule has 2 aromatic carbocycles. The molecule has 0 unspecified atom stereocenters. The molecule has 0 saturated heterocycles. The standard InChI is InChI=1S/C19H21NO4/c1-3-24-16-11-9-15(10-12-16)18(21)20-17(19(22)23-2)13-14-7-5-4-6-8-14/h4-12,17H,3,13H2,1-2H3,(H,20,21)/t17-/m0/s1. The number of hydrogen-bond donors (Lipinski definition) is 1. The lowest BCUT2D eigenvalue weighted by Gasteiger charge is -2.17. The normalized spacial score (nSPS) is 11.4. The van der Waals surface area contributed by atoms with Crippen LogP contribution in [0.5, 0.6) is 5.75 Å². The molecule has 126 valence electrons. The van der Waals surface area contributed by atoms with Crippen LogP contribution in [0.2, 0.25) is 0 Å². The van der Waals surface area contributed by atoms with Crippen LogP contribution in [-0.4, -0.2) is 31.6 Å². The molecule has 0 aliphatic carbocycles. The summed E-state index contributed by atoms with van der Waals surface area (Å²) in [6.45, 7) is 2.46. The first-order chi connectivity index (χ1) is 11.6. The Labute approximate surface area is 141 Å². The molecule has 24 heavy (non-hydrogen) atoms. The summed E-state index contributed by atoms with van der Waals surface area (Å²) in [6, 6.07) is 15.5. The van der Waals surface area contributed by atoms with Gasteiger partial charge in [0.25, 0.3) is 5.91 Å². The van der Waals surface area contributed by atoms with E-state index in [1.807, 2.05) is 37.3 Å². The second-order valence-corrected chi connectivity index (χ2v) is 5.20. The van der Waals surface area contributed by atoms with Gasteiger partial charge in [0, 0.05) is 12.0 Å². The summed E-state index contributed by atoms with van der Waals surface area (Å²) in [4.78, 5) is 24.3. The third-order valence-electron chi connectivity index (χ3n) is 3.50. The summed E-state index contributed by atoms with van der Waals surface area (Å²) in [5.41, 5.74) is 1.40. The maximum absolute atomic E-state index is 12.4. The van der Waals surface area contributed by atoms with Crippen molar-refractivity contribution < 1.29 is 19.1 Å². The third-order valence-corrected chi connectivity index (χ3v) is 3.50. The van der Waals surface area contributed by atoms with Gasteiger partial charge in [0.15, 0.2) is 0 Å². The highest BCUT2D eigenvalue weighted by Crippen LogP contribution is 2.13. The molecule has 5 heteroatoms. The zero-order valence-corrected chi connectivity index (χ0v) is 13.8. The van der Waals surface area contributed by atoms with Crippen molar-refractivity contribution in [1.29, 1.82) is 0 Å². The van der Waals surface area contributed by atoms with Gasteiger partial charge in [-0.2, -0.15) is 0 Å². The smallest absolute Gasteiger partial charge is 0.328 e. The largest absolute Gasteiger partial charge is 0.494 e. The van der Waals surface area contributed by atoms with Crippen LogP contribution in [0.4, 0.5) is 0 Å². The zero-order valence-electron chi connectivity index (χ0n) is 13.8. The summed E-state index contributed by atoms with van der Waals surface area (Å²) in [6.07, 6.45) is 0.371. The Morgan fingerprint density at radius 2 is 1.71 bits per heavy atom. The van der Waals surface area contributed by atoms with Crippen molar-refractivity contribution in [2.45, 2.75) is 19.4 Å². The fourth-order valence-electron chi connectivity index (χ4n) is 2.30. The summed E-state index contributed by atoms with van der Waals surface area (Å²) in [5.74, 6) is -0.106. The van der Waals surface area contributed by atoms with Crippen LogP contribution in [0.3, 0.4) is 0 Å². The minimum atomic E-state index is -0.739. The summed E-state index contributed by atoms with van der Waals surface area (Å²) >= 11 is 0. The highest BCUT2D eigenvalue weighted by Gasteiger charge is 2.22. The second-order valence-electron chi connectivity index (χ2n) is 5.20. The second kappa shape index (κ2) is 8.72. The van der Waals surface area contributed by atoms with Crippen LogP contribution in [-0.2, 0) is 16.0 Å². The number of carbonyl (C=O) groups excluding carboxylic acids is 2. The lowest BCUT2D eigenvalue weighted by molar-refractivity contribution is -0.142. The van der Waals surface area contributed by atoms with Gasteiger partial charge in [0.1, 0.15) is 11.8 Å². The molecular formula is C19H21NO4. The maximum atomic E-state index is 12.4. The molecule has 1 atom stereocenters. The Morgan fingerprint density at radius 1 is 1.04 bits per heavy atom. The molecule has 0 aliphatic rings. The van der Waals surface area contributed by atoms with Gasteiger partial charge in [-0.3, -0.25) is 4.79 Å². The van der Waals surface area contributed by atoms with Crippen molar-refractivity contribution in [2.75, 3.05) is 13.7 Å². The molecule has 0 bridgehead atoms. The van der Waals surface area contributed by atoms with E-state index >= 15 is 0 Å². The molecule has 0 aromatic heterocycles. The number of esters is 1. The SMILES string of the molecule is CCOc1ccc(C(=O)N[C@@H](Cc2ccccc2)C(=O)OC)cc1. The minimum Gasteiger partial charge on any atom is -0.494 e. The van der Waals surface area contributed by atoms with E-state index in [9.17, 15) is 9.59 Å². The van der Waals surface area contributed by atoms with Gasteiger partial charge in [-0.15, -0.1) is 0 Å². The summed E-state index contributed by atoms with van der Waals surface area (Å²) in [7, 11) is 1.31. The molecule has 1 N–H and O–H groups in total. The minimum absolute atomic E-state index is 0.329. The van der Waals surface area contributed by atoms with Gasteiger partial charge in [0.2, 0.25) is 0 Å². The van der Waals surface area contributed by atoms with Crippen LogP contribution in [0.1, 0.15) is 22.8 Å². The van der Waals surface area contributed by atoms with E-state index in [1.165, 1.54) is 7.11 Å². The number of rotatable bonds is 7. The number of ether oxygens (including phenoxy) is 2. The number of hydrogen-bond acceptors (Lipinski definition) is 4. The number of methoxy groups -OCH3 is 1. The third kappa shape index (κ3) is 4.84. The van der Waals surface area contributed by atoms with Gasteiger partial charge in [0.05, 0.1) is 13.7 Å². The Hall–Kier alpha value is -2.82. The maximum Gasteiger partial charge on any atom is 0.328 e. The van der Waals surface area contributed by atoms with Crippen molar-refractivity contribution in [3.05, 3.63) is 65.7 Å². The summed E-state index contributed by atoms with van der Waals surface area (Å²) < 4.78 is 10.1. The Bertz CT molecular complexity index is 668. The van der Waals surface area contributed by atoms with Crippen molar-refractivity contribution >= 4 is 11.9 Å². The molecule has 0 aliphatic heterocycles.